The Labute approximate surface area is 304 Å². The summed E-state index contributed by atoms with van der Waals surface area (Å²) in [6, 6.07) is 12.1. The Kier molecular flexibility index (Phi) is 9.43. The highest BCUT2D eigenvalue weighted by Gasteiger charge is 2.25. The predicted molar refractivity (Wildman–Crippen MR) is 201 cm³/mol. The minimum absolute atomic E-state index is 0.250. The van der Waals surface area contributed by atoms with Gasteiger partial charge in [0.15, 0.2) is 0 Å². The smallest absolute Gasteiger partial charge is 0.276 e. The maximum absolute atomic E-state index is 13.6. The minimum Gasteiger partial charge on any atom is -0.491 e. The van der Waals surface area contributed by atoms with Crippen molar-refractivity contribution in [1.82, 2.24) is 38.7 Å². The first-order valence-corrected chi connectivity index (χ1v) is 17.6. The molecule has 6 N–H and O–H groups in total. The van der Waals surface area contributed by atoms with E-state index in [0.717, 1.165) is 24.1 Å². The lowest BCUT2D eigenvalue weighted by molar-refractivity contribution is 0.0994. The van der Waals surface area contributed by atoms with Crippen LogP contribution in [0, 0.1) is 19.8 Å². The molecule has 53 heavy (non-hydrogen) atoms. The van der Waals surface area contributed by atoms with Crippen LogP contribution in [0.4, 0.5) is 17.6 Å². The summed E-state index contributed by atoms with van der Waals surface area (Å²) in [7, 11) is 0. The van der Waals surface area contributed by atoms with Crippen molar-refractivity contribution in [2.24, 2.45) is 11.7 Å². The number of rotatable bonds is 14. The number of aromatic nitrogens is 8. The van der Waals surface area contributed by atoms with Crippen molar-refractivity contribution in [3.05, 3.63) is 83.0 Å². The number of hydrogen-bond acceptors (Lipinski definition) is 9. The lowest BCUT2D eigenvalue weighted by atomic mass is 10.1. The molecule has 1 aliphatic rings. The van der Waals surface area contributed by atoms with Crippen molar-refractivity contribution in [3.8, 4) is 5.75 Å². The molecule has 4 heterocycles. The van der Waals surface area contributed by atoms with Crippen LogP contribution >= 0.6 is 0 Å². The summed E-state index contributed by atoms with van der Waals surface area (Å²) in [5, 5.41) is 14.7. The maximum atomic E-state index is 13.6. The molecule has 0 aliphatic heterocycles. The number of benzene rings is 2. The second-order valence-corrected chi connectivity index (χ2v) is 13.2. The van der Waals surface area contributed by atoms with Crippen molar-refractivity contribution in [1.29, 1.82) is 0 Å². The van der Waals surface area contributed by atoms with Crippen molar-refractivity contribution < 1.29 is 19.1 Å². The molecular formula is C37H42N12O4. The lowest BCUT2D eigenvalue weighted by Crippen LogP contribution is -2.20. The van der Waals surface area contributed by atoms with Crippen LogP contribution in [-0.4, -0.2) is 63.0 Å². The van der Waals surface area contributed by atoms with Crippen LogP contribution in [0.2, 0.25) is 0 Å². The van der Waals surface area contributed by atoms with Gasteiger partial charge in [-0.05, 0) is 88.9 Å². The molecule has 0 unspecified atom stereocenters. The highest BCUT2D eigenvalue weighted by Crippen LogP contribution is 2.34. The molecule has 0 bridgehead atoms. The maximum Gasteiger partial charge on any atom is 0.276 e. The molecule has 0 spiro atoms. The van der Waals surface area contributed by atoms with Gasteiger partial charge in [0.2, 0.25) is 17.8 Å². The zero-order valence-electron chi connectivity index (χ0n) is 30.1. The molecule has 274 valence electrons. The van der Waals surface area contributed by atoms with Gasteiger partial charge < -0.3 is 25.3 Å². The summed E-state index contributed by atoms with van der Waals surface area (Å²) in [5.41, 5.74) is 17.3. The molecule has 4 aromatic heterocycles. The topological polar surface area (TPSA) is 208 Å². The number of fused-ring (bicyclic) bond motifs is 2. The molecule has 1 aliphatic carbocycles. The highest BCUT2D eigenvalue weighted by molar-refractivity contribution is 6.04. The Hall–Kier alpha value is -6.45. The van der Waals surface area contributed by atoms with Crippen LogP contribution in [0.1, 0.15) is 69.4 Å². The quantitative estimate of drug-likeness (QED) is 0.0910. The first-order chi connectivity index (χ1) is 25.5. The van der Waals surface area contributed by atoms with Crippen LogP contribution in [0.25, 0.3) is 22.1 Å². The molecule has 1 saturated carbocycles. The van der Waals surface area contributed by atoms with Gasteiger partial charge in [-0.15, -0.1) is 0 Å². The average Bonchev–Trinajstić information content (AvgIpc) is 3.41. The molecule has 0 atom stereocenters. The molecule has 0 radical (unpaired) electrons. The number of aryl methyl sites for hydroxylation is 4. The molecular weight excluding hydrogens is 676 g/mol. The van der Waals surface area contributed by atoms with Gasteiger partial charge in [-0.2, -0.15) is 10.2 Å². The third-order valence-corrected chi connectivity index (χ3v) is 9.10. The van der Waals surface area contributed by atoms with Crippen LogP contribution in [0.5, 0.6) is 5.75 Å². The summed E-state index contributed by atoms with van der Waals surface area (Å²) >= 11 is 0. The zero-order chi connectivity index (χ0) is 37.4. The van der Waals surface area contributed by atoms with Gasteiger partial charge in [0.1, 0.15) is 22.7 Å². The van der Waals surface area contributed by atoms with E-state index in [4.69, 9.17) is 26.2 Å². The molecule has 6 aromatic rings. The zero-order valence-corrected chi connectivity index (χ0v) is 30.1. The molecule has 0 saturated heterocycles. The fraction of sp³-hybridized carbons (Fsp3) is 0.324. The Morgan fingerprint density at radius 2 is 1.42 bits per heavy atom. The van der Waals surface area contributed by atoms with Crippen molar-refractivity contribution in [3.63, 3.8) is 0 Å². The largest absolute Gasteiger partial charge is 0.491 e. The number of hydrogen-bond donors (Lipinski definition) is 4. The van der Waals surface area contributed by atoms with Crippen molar-refractivity contribution >= 4 is 57.4 Å². The second-order valence-electron chi connectivity index (χ2n) is 13.2. The number of allylic oxidation sites excluding steroid dienone is 2. The molecule has 16 heteroatoms. The van der Waals surface area contributed by atoms with Gasteiger partial charge in [0.25, 0.3) is 11.8 Å². The number of imidazole rings is 2. The van der Waals surface area contributed by atoms with E-state index in [2.05, 4.69) is 20.8 Å². The standard InChI is InChI=1S/C37H42N12O4/c1-5-48-29(15-21(3)44-48)34(51)42-36-40-26-19-25(38)11-12-28(26)46(36)13-7-8-14-47-32-27(17-24(33(39)50)18-31(32)53-20-23-9-10-23)41-37(47)43-35(52)30-16-22(4)45-49(30)6-2/h7-8,11-12,15-19,23H,5-6,9-10,13-14,20,38H2,1-4H3,(H2,39,50)(H,40,42,51)(H,41,43,52)/b8-7+. The van der Waals surface area contributed by atoms with E-state index in [-0.39, 0.29) is 29.9 Å². The summed E-state index contributed by atoms with van der Waals surface area (Å²) in [6.45, 7) is 9.64. The van der Waals surface area contributed by atoms with Crippen LogP contribution < -0.4 is 26.8 Å². The fourth-order valence-corrected chi connectivity index (χ4v) is 6.30. The Morgan fingerprint density at radius 3 is 2.00 bits per heavy atom. The van der Waals surface area contributed by atoms with E-state index >= 15 is 0 Å². The molecule has 7 rings (SSSR count). The van der Waals surface area contributed by atoms with Gasteiger partial charge in [0, 0.05) is 37.4 Å². The summed E-state index contributed by atoms with van der Waals surface area (Å²) in [5.74, 6) is 0.166. The minimum atomic E-state index is -0.614. The van der Waals surface area contributed by atoms with Crippen LogP contribution in [0.3, 0.4) is 0 Å². The number of nitrogens with zero attached hydrogens (tertiary/aromatic N) is 8. The number of amides is 3. The van der Waals surface area contributed by atoms with Gasteiger partial charge >= 0.3 is 0 Å². The first-order valence-electron chi connectivity index (χ1n) is 17.6. The van der Waals surface area contributed by atoms with Gasteiger partial charge in [-0.25, -0.2) is 9.97 Å². The van der Waals surface area contributed by atoms with E-state index < -0.39 is 5.91 Å². The Morgan fingerprint density at radius 1 is 0.830 bits per heavy atom. The normalized spacial score (nSPS) is 13.0. The predicted octanol–water partition coefficient (Wildman–Crippen LogP) is 4.67. The van der Waals surface area contributed by atoms with Gasteiger partial charge in [-0.1, -0.05) is 12.2 Å². The third-order valence-electron chi connectivity index (χ3n) is 9.10. The van der Waals surface area contributed by atoms with Gasteiger partial charge in [0.05, 0.1) is 34.5 Å². The van der Waals surface area contributed by atoms with E-state index in [9.17, 15) is 14.4 Å². The molecule has 2 aromatic carbocycles. The number of primary amides is 1. The number of nitrogens with one attached hydrogen (secondary N) is 2. The SMILES string of the molecule is CCn1nc(C)cc1C(=O)Nc1nc2cc(N)ccc2n1C/C=C/Cn1c(NC(=O)c2cc(C)nn2CC)nc2cc(C(N)=O)cc(OCC3CC3)c21. The van der Waals surface area contributed by atoms with E-state index in [1.807, 2.05) is 55.0 Å². The molecule has 1 fully saturated rings. The van der Waals surface area contributed by atoms with Crippen LogP contribution in [-0.2, 0) is 26.2 Å². The molecule has 16 nitrogen and oxygen atoms in total. The summed E-state index contributed by atoms with van der Waals surface area (Å²) in [4.78, 5) is 48.8. The second kappa shape index (κ2) is 14.3. The molecule has 3 amide bonds. The average molecular weight is 719 g/mol. The summed E-state index contributed by atoms with van der Waals surface area (Å²) < 4.78 is 13.3. The fourth-order valence-electron chi connectivity index (χ4n) is 6.30. The summed E-state index contributed by atoms with van der Waals surface area (Å²) in [6.07, 6.45) is 6.01. The van der Waals surface area contributed by atoms with Gasteiger partial charge in [-0.3, -0.25) is 34.4 Å². The first kappa shape index (κ1) is 35.0. The highest BCUT2D eigenvalue weighted by atomic mass is 16.5. The third kappa shape index (κ3) is 7.20. The van der Waals surface area contributed by atoms with Crippen molar-refractivity contribution in [2.45, 2.75) is 66.7 Å². The van der Waals surface area contributed by atoms with Crippen molar-refractivity contribution in [2.75, 3.05) is 23.0 Å². The number of nitrogens with two attached hydrogens (primary N) is 2. The number of anilines is 3. The lowest BCUT2D eigenvalue weighted by Gasteiger charge is -2.13. The number of nitrogen functional groups attached to an aromatic ring is 1. The number of carbonyl (C=O) groups excluding carboxylic acids is 3. The van der Waals surface area contributed by atoms with Crippen LogP contribution in [0.15, 0.2) is 54.6 Å². The van der Waals surface area contributed by atoms with E-state index in [1.54, 1.807) is 45.8 Å². The van der Waals surface area contributed by atoms with E-state index in [1.165, 1.54) is 0 Å². The Balaban J connectivity index is 1.23. The monoisotopic (exact) mass is 718 g/mol. The number of carbonyl (C=O) groups is 3. The number of ether oxygens (including phenoxy) is 1. The van der Waals surface area contributed by atoms with E-state index in [0.29, 0.717) is 83.2 Å². The Bertz CT molecular complexity index is 2410.